The molecule has 0 aliphatic carbocycles. The Balaban J connectivity index is 2.47. The van der Waals surface area contributed by atoms with Crippen molar-refractivity contribution in [1.29, 1.82) is 0 Å². The highest BCUT2D eigenvalue weighted by Crippen LogP contribution is 2.10. The minimum absolute atomic E-state index is 0.0654. The summed E-state index contributed by atoms with van der Waals surface area (Å²) in [6, 6.07) is 3.56. The molecule has 7 heteroatoms. The maximum absolute atomic E-state index is 11.8. The molecule has 2 amide bonds. The summed E-state index contributed by atoms with van der Waals surface area (Å²) < 4.78 is 0. The molecule has 7 nitrogen and oxygen atoms in total. The van der Waals surface area contributed by atoms with Crippen molar-refractivity contribution in [2.45, 2.75) is 26.8 Å². The molecule has 0 aliphatic heterocycles. The SMILES string of the molecule is CCN(CC)c1ccc(CNC(=O)N(C)CCC(=O)O)cn1. The zero-order valence-corrected chi connectivity index (χ0v) is 13.4. The van der Waals surface area contributed by atoms with E-state index in [1.165, 1.54) is 4.90 Å². The van der Waals surface area contributed by atoms with Crippen LogP contribution in [-0.4, -0.2) is 53.7 Å². The lowest BCUT2D eigenvalue weighted by Crippen LogP contribution is -2.38. The van der Waals surface area contributed by atoms with Crippen LogP contribution in [0.1, 0.15) is 25.8 Å². The molecule has 0 aromatic carbocycles. The van der Waals surface area contributed by atoms with Gasteiger partial charge in [0.05, 0.1) is 6.42 Å². The first kappa shape index (κ1) is 17.7. The van der Waals surface area contributed by atoms with Crippen molar-refractivity contribution in [2.75, 3.05) is 31.6 Å². The number of aromatic nitrogens is 1. The Morgan fingerprint density at radius 3 is 2.45 bits per heavy atom. The average molecular weight is 308 g/mol. The van der Waals surface area contributed by atoms with Gasteiger partial charge in [-0.25, -0.2) is 9.78 Å². The van der Waals surface area contributed by atoms with E-state index in [2.05, 4.69) is 29.0 Å². The molecule has 0 unspecified atom stereocenters. The molecule has 22 heavy (non-hydrogen) atoms. The molecule has 0 aliphatic rings. The lowest BCUT2D eigenvalue weighted by atomic mass is 10.2. The van der Waals surface area contributed by atoms with Gasteiger partial charge in [0.2, 0.25) is 0 Å². The number of nitrogens with one attached hydrogen (secondary N) is 1. The van der Waals surface area contributed by atoms with Crippen molar-refractivity contribution in [2.24, 2.45) is 0 Å². The Labute approximate surface area is 130 Å². The number of hydrogen-bond donors (Lipinski definition) is 2. The lowest BCUT2D eigenvalue weighted by molar-refractivity contribution is -0.137. The maximum Gasteiger partial charge on any atom is 0.317 e. The molecule has 122 valence electrons. The van der Waals surface area contributed by atoms with E-state index in [1.54, 1.807) is 13.2 Å². The van der Waals surface area contributed by atoms with Gasteiger partial charge in [0.1, 0.15) is 5.82 Å². The molecular formula is C15H24N4O3. The van der Waals surface area contributed by atoms with Gasteiger partial charge in [-0.05, 0) is 25.5 Å². The third-order valence-electron chi connectivity index (χ3n) is 3.35. The monoisotopic (exact) mass is 308 g/mol. The van der Waals surface area contributed by atoms with Crippen LogP contribution < -0.4 is 10.2 Å². The van der Waals surface area contributed by atoms with Crippen molar-refractivity contribution in [3.63, 3.8) is 0 Å². The number of carbonyl (C=O) groups is 2. The summed E-state index contributed by atoms with van der Waals surface area (Å²) >= 11 is 0. The molecule has 0 fully saturated rings. The number of nitrogens with zero attached hydrogens (tertiary/aromatic N) is 3. The smallest absolute Gasteiger partial charge is 0.317 e. The normalized spacial score (nSPS) is 10.1. The summed E-state index contributed by atoms with van der Waals surface area (Å²) in [4.78, 5) is 30.1. The minimum atomic E-state index is -0.921. The second kappa shape index (κ2) is 8.86. The number of carboxylic acids is 1. The predicted molar refractivity (Wildman–Crippen MR) is 84.9 cm³/mol. The first-order valence-corrected chi connectivity index (χ1v) is 7.38. The van der Waals surface area contributed by atoms with Crippen LogP contribution in [0.2, 0.25) is 0 Å². The number of hydrogen-bond acceptors (Lipinski definition) is 4. The topological polar surface area (TPSA) is 85.8 Å². The van der Waals surface area contributed by atoms with Crippen LogP contribution in [0.3, 0.4) is 0 Å². The predicted octanol–water partition coefficient (Wildman–Crippen LogP) is 1.54. The molecule has 1 rings (SSSR count). The Bertz CT molecular complexity index is 486. The summed E-state index contributed by atoms with van der Waals surface area (Å²) in [5, 5.41) is 11.3. The van der Waals surface area contributed by atoms with Crippen molar-refractivity contribution in [1.82, 2.24) is 15.2 Å². The zero-order chi connectivity index (χ0) is 16.5. The number of amides is 2. The van der Waals surface area contributed by atoms with Crippen molar-refractivity contribution in [3.05, 3.63) is 23.9 Å². The van der Waals surface area contributed by atoms with Crippen LogP contribution in [0.4, 0.5) is 10.6 Å². The van der Waals surface area contributed by atoms with Crippen molar-refractivity contribution < 1.29 is 14.7 Å². The summed E-state index contributed by atoms with van der Waals surface area (Å²) in [6.45, 7) is 6.49. The fourth-order valence-electron chi connectivity index (χ4n) is 1.93. The summed E-state index contributed by atoms with van der Waals surface area (Å²) in [5.41, 5.74) is 0.899. The van der Waals surface area contributed by atoms with Gasteiger partial charge >= 0.3 is 12.0 Å². The second-order valence-corrected chi connectivity index (χ2v) is 4.92. The molecule has 0 spiro atoms. The highest BCUT2D eigenvalue weighted by Gasteiger charge is 2.10. The number of anilines is 1. The van der Waals surface area contributed by atoms with Crippen LogP contribution in [0.5, 0.6) is 0 Å². The summed E-state index contributed by atoms with van der Waals surface area (Å²) in [7, 11) is 1.57. The zero-order valence-electron chi connectivity index (χ0n) is 13.4. The van der Waals surface area contributed by atoms with Gasteiger partial charge in [-0.2, -0.15) is 0 Å². The Hall–Kier alpha value is -2.31. The van der Waals surface area contributed by atoms with Crippen LogP contribution in [0.15, 0.2) is 18.3 Å². The first-order valence-electron chi connectivity index (χ1n) is 7.38. The third-order valence-corrected chi connectivity index (χ3v) is 3.35. The van der Waals surface area contributed by atoms with Gasteiger partial charge in [0, 0.05) is 39.4 Å². The standard InChI is InChI=1S/C15H24N4O3/c1-4-19(5-2)13-7-6-12(10-16-13)11-17-15(22)18(3)9-8-14(20)21/h6-7,10H,4-5,8-9,11H2,1-3H3,(H,17,22)(H,20,21). The largest absolute Gasteiger partial charge is 0.481 e. The molecule has 0 atom stereocenters. The maximum atomic E-state index is 11.8. The van der Waals surface area contributed by atoms with Crippen LogP contribution >= 0.6 is 0 Å². The fourth-order valence-corrected chi connectivity index (χ4v) is 1.93. The number of aliphatic carboxylic acids is 1. The minimum Gasteiger partial charge on any atom is -0.481 e. The number of urea groups is 1. The molecular weight excluding hydrogens is 284 g/mol. The molecule has 0 saturated carbocycles. The lowest BCUT2D eigenvalue weighted by Gasteiger charge is -2.20. The Morgan fingerprint density at radius 2 is 1.95 bits per heavy atom. The Morgan fingerprint density at radius 1 is 1.27 bits per heavy atom. The molecule has 1 aromatic rings. The molecule has 0 bridgehead atoms. The van der Waals surface area contributed by atoms with E-state index < -0.39 is 5.97 Å². The van der Waals surface area contributed by atoms with E-state index in [9.17, 15) is 9.59 Å². The van der Waals surface area contributed by atoms with Crippen LogP contribution in [-0.2, 0) is 11.3 Å². The second-order valence-electron chi connectivity index (χ2n) is 4.92. The number of pyridine rings is 1. The number of carbonyl (C=O) groups excluding carboxylic acids is 1. The molecule has 0 radical (unpaired) electrons. The molecule has 1 heterocycles. The van der Waals surface area contributed by atoms with Gasteiger partial charge < -0.3 is 20.2 Å². The van der Waals surface area contributed by atoms with Gasteiger partial charge in [-0.1, -0.05) is 6.07 Å². The highest BCUT2D eigenvalue weighted by molar-refractivity contribution is 5.75. The molecule has 0 saturated heterocycles. The number of rotatable bonds is 8. The summed E-state index contributed by atoms with van der Waals surface area (Å²) in [6.07, 6.45) is 1.68. The average Bonchev–Trinajstić information content (AvgIpc) is 2.52. The molecule has 1 aromatic heterocycles. The van der Waals surface area contributed by atoms with Gasteiger partial charge in [0.25, 0.3) is 0 Å². The number of carboxylic acid groups (broad SMARTS) is 1. The van der Waals surface area contributed by atoms with E-state index in [1.807, 2.05) is 12.1 Å². The van der Waals surface area contributed by atoms with Crippen molar-refractivity contribution in [3.8, 4) is 0 Å². The highest BCUT2D eigenvalue weighted by atomic mass is 16.4. The Kier molecular flexibility index (Phi) is 7.15. The fraction of sp³-hybridized carbons (Fsp3) is 0.533. The van der Waals surface area contributed by atoms with Crippen LogP contribution in [0.25, 0.3) is 0 Å². The quantitative estimate of drug-likeness (QED) is 0.761. The van der Waals surface area contributed by atoms with E-state index in [0.29, 0.717) is 6.54 Å². The van der Waals surface area contributed by atoms with E-state index >= 15 is 0 Å². The van der Waals surface area contributed by atoms with E-state index in [-0.39, 0.29) is 19.0 Å². The third kappa shape index (κ3) is 5.59. The van der Waals surface area contributed by atoms with Crippen molar-refractivity contribution >= 4 is 17.8 Å². The van der Waals surface area contributed by atoms with Gasteiger partial charge in [-0.3, -0.25) is 4.79 Å². The first-order chi connectivity index (χ1) is 10.5. The van der Waals surface area contributed by atoms with E-state index in [4.69, 9.17) is 5.11 Å². The van der Waals surface area contributed by atoms with E-state index in [0.717, 1.165) is 24.5 Å². The van der Waals surface area contributed by atoms with Gasteiger partial charge in [-0.15, -0.1) is 0 Å². The van der Waals surface area contributed by atoms with Crippen LogP contribution in [0, 0.1) is 0 Å². The summed E-state index contributed by atoms with van der Waals surface area (Å²) in [5.74, 6) is -0.00510. The van der Waals surface area contributed by atoms with Gasteiger partial charge in [0.15, 0.2) is 0 Å². The molecule has 2 N–H and O–H groups in total.